The Hall–Kier alpha value is -3.39. The van der Waals surface area contributed by atoms with Crippen LogP contribution in [0.15, 0.2) is 55.1 Å². The summed E-state index contributed by atoms with van der Waals surface area (Å²) in [5, 5.41) is 14.0. The Morgan fingerprint density at radius 1 is 1.08 bits per heavy atom. The van der Waals surface area contributed by atoms with Gasteiger partial charge in [0.1, 0.15) is 17.7 Å². The van der Waals surface area contributed by atoms with E-state index in [1.54, 1.807) is 6.92 Å². The molecule has 204 valence electrons. The van der Waals surface area contributed by atoms with Crippen molar-refractivity contribution >= 4 is 5.70 Å². The quantitative estimate of drug-likeness (QED) is 0.250. The number of aliphatic hydroxyl groups excluding tert-OH is 1. The van der Waals surface area contributed by atoms with E-state index >= 15 is 0 Å². The third-order valence-corrected chi connectivity index (χ3v) is 6.46. The van der Waals surface area contributed by atoms with Gasteiger partial charge in [-0.2, -0.15) is 13.2 Å². The van der Waals surface area contributed by atoms with Crippen LogP contribution in [0.4, 0.5) is 17.6 Å². The van der Waals surface area contributed by atoms with Crippen molar-refractivity contribution < 1.29 is 27.4 Å². The summed E-state index contributed by atoms with van der Waals surface area (Å²) in [6.07, 6.45) is -4.96. The van der Waals surface area contributed by atoms with Gasteiger partial charge < -0.3 is 15.2 Å². The lowest BCUT2D eigenvalue weighted by Gasteiger charge is -2.24. The maximum atomic E-state index is 13.9. The van der Waals surface area contributed by atoms with E-state index in [0.717, 1.165) is 23.3 Å². The average molecular weight is 531 g/mol. The number of rotatable bonds is 11. The number of hydrogen-bond acceptors (Lipinski definition) is 4. The summed E-state index contributed by atoms with van der Waals surface area (Å²) in [6, 6.07) is 12.3. The van der Waals surface area contributed by atoms with Crippen molar-refractivity contribution in [3.05, 3.63) is 88.9 Å². The molecule has 3 rings (SSSR count). The van der Waals surface area contributed by atoms with Crippen molar-refractivity contribution in [3.63, 3.8) is 0 Å². The lowest BCUT2D eigenvalue weighted by molar-refractivity contribution is -0.151. The van der Waals surface area contributed by atoms with Crippen molar-refractivity contribution in [2.75, 3.05) is 13.2 Å². The molecule has 3 aromatic rings. The molecule has 0 aliphatic heterocycles. The Morgan fingerprint density at radius 2 is 1.76 bits per heavy atom. The molecule has 8 heteroatoms. The standard InChI is InChI=1S/C30H34F4N2O2/c1-6-14-38-28-13-10-22(15-18(28)3)20(5)35-17-27(37)26-16-24(25(7-2)30(32,33)34)19(4)29(36-26)21-8-11-23(31)12-9-21/h8-13,15-16,25,27,35,37H,5-7,14,17H2,1-4H3. The summed E-state index contributed by atoms with van der Waals surface area (Å²) in [5.74, 6) is -1.41. The van der Waals surface area contributed by atoms with Crippen LogP contribution in [0.3, 0.4) is 0 Å². The van der Waals surface area contributed by atoms with Crippen molar-refractivity contribution in [1.29, 1.82) is 0 Å². The molecule has 2 aromatic carbocycles. The van der Waals surface area contributed by atoms with Gasteiger partial charge in [-0.15, -0.1) is 0 Å². The van der Waals surface area contributed by atoms with Gasteiger partial charge in [0, 0.05) is 17.8 Å². The van der Waals surface area contributed by atoms with Gasteiger partial charge in [0.25, 0.3) is 0 Å². The fourth-order valence-electron chi connectivity index (χ4n) is 4.34. The number of nitrogens with zero attached hydrogens (tertiary/aromatic N) is 1. The van der Waals surface area contributed by atoms with Crippen LogP contribution in [0.1, 0.15) is 66.7 Å². The highest BCUT2D eigenvalue weighted by Crippen LogP contribution is 2.41. The first-order valence-corrected chi connectivity index (χ1v) is 12.6. The Bertz CT molecular complexity index is 1260. The van der Waals surface area contributed by atoms with E-state index in [9.17, 15) is 22.7 Å². The topological polar surface area (TPSA) is 54.4 Å². The molecule has 38 heavy (non-hydrogen) atoms. The molecular weight excluding hydrogens is 496 g/mol. The first kappa shape index (κ1) is 29.2. The smallest absolute Gasteiger partial charge is 0.395 e. The summed E-state index contributed by atoms with van der Waals surface area (Å²) in [4.78, 5) is 4.51. The van der Waals surface area contributed by atoms with E-state index in [1.807, 2.05) is 32.0 Å². The Balaban J connectivity index is 1.90. The maximum Gasteiger partial charge on any atom is 0.395 e. The van der Waals surface area contributed by atoms with E-state index in [0.29, 0.717) is 23.4 Å². The van der Waals surface area contributed by atoms with Crippen LogP contribution in [0.25, 0.3) is 17.0 Å². The van der Waals surface area contributed by atoms with Gasteiger partial charge in [-0.3, -0.25) is 0 Å². The predicted molar refractivity (Wildman–Crippen MR) is 142 cm³/mol. The second-order valence-electron chi connectivity index (χ2n) is 9.32. The molecule has 0 radical (unpaired) electrons. The number of pyridine rings is 1. The molecule has 2 atom stereocenters. The highest BCUT2D eigenvalue weighted by atomic mass is 19.4. The van der Waals surface area contributed by atoms with Gasteiger partial charge in [0.15, 0.2) is 0 Å². The van der Waals surface area contributed by atoms with Crippen LogP contribution in [-0.2, 0) is 0 Å². The molecule has 1 heterocycles. The monoisotopic (exact) mass is 530 g/mol. The number of aliphatic hydroxyl groups is 1. The molecule has 0 amide bonds. The van der Waals surface area contributed by atoms with Crippen LogP contribution in [0, 0.1) is 19.7 Å². The molecule has 0 saturated carbocycles. The van der Waals surface area contributed by atoms with Crippen LogP contribution in [0.2, 0.25) is 0 Å². The second-order valence-corrected chi connectivity index (χ2v) is 9.32. The lowest BCUT2D eigenvalue weighted by atomic mass is 9.89. The Morgan fingerprint density at radius 3 is 2.34 bits per heavy atom. The van der Waals surface area contributed by atoms with Crippen molar-refractivity contribution in [2.24, 2.45) is 0 Å². The zero-order valence-electron chi connectivity index (χ0n) is 22.1. The second kappa shape index (κ2) is 12.4. The number of ether oxygens (including phenoxy) is 1. The molecule has 4 nitrogen and oxygen atoms in total. The minimum absolute atomic E-state index is 0.0207. The number of hydrogen-bond donors (Lipinski definition) is 2. The highest BCUT2D eigenvalue weighted by molar-refractivity contribution is 5.66. The first-order chi connectivity index (χ1) is 18.0. The van der Waals surface area contributed by atoms with Crippen LogP contribution in [-0.4, -0.2) is 29.4 Å². The zero-order chi connectivity index (χ0) is 28.0. The van der Waals surface area contributed by atoms with Gasteiger partial charge in [-0.1, -0.05) is 20.4 Å². The van der Waals surface area contributed by atoms with Crippen LogP contribution in [0.5, 0.6) is 5.75 Å². The number of alkyl halides is 3. The fourth-order valence-corrected chi connectivity index (χ4v) is 4.34. The van der Waals surface area contributed by atoms with Gasteiger partial charge in [0.2, 0.25) is 0 Å². The number of nitrogens with one attached hydrogen (secondary N) is 1. The Labute approximate surface area is 221 Å². The fraction of sp³-hybridized carbons (Fsp3) is 0.367. The summed E-state index contributed by atoms with van der Waals surface area (Å²) in [6.45, 7) is 11.6. The normalized spacial score (nSPS) is 13.2. The maximum absolute atomic E-state index is 13.9. The number of benzene rings is 2. The average Bonchev–Trinajstić information content (AvgIpc) is 2.87. The molecule has 2 N–H and O–H groups in total. The summed E-state index contributed by atoms with van der Waals surface area (Å²) in [5.41, 5.74) is 3.49. The van der Waals surface area contributed by atoms with Gasteiger partial charge in [-0.25, -0.2) is 9.37 Å². The van der Waals surface area contributed by atoms with Crippen molar-refractivity contribution in [1.82, 2.24) is 10.3 Å². The van der Waals surface area contributed by atoms with E-state index in [4.69, 9.17) is 4.74 Å². The molecule has 1 aromatic heterocycles. The van der Waals surface area contributed by atoms with E-state index in [1.165, 1.54) is 37.3 Å². The minimum atomic E-state index is -4.47. The summed E-state index contributed by atoms with van der Waals surface area (Å²) < 4.78 is 61.0. The molecule has 0 aliphatic carbocycles. The highest BCUT2D eigenvalue weighted by Gasteiger charge is 2.41. The Kier molecular flexibility index (Phi) is 9.55. The SMILES string of the molecule is C=C(NCC(O)c1cc(C(CC)C(F)(F)F)c(C)c(-c2ccc(F)cc2)n1)c1ccc(OCCC)c(C)c1. The minimum Gasteiger partial charge on any atom is -0.493 e. The first-order valence-electron chi connectivity index (χ1n) is 12.6. The van der Waals surface area contributed by atoms with Crippen LogP contribution >= 0.6 is 0 Å². The van der Waals surface area contributed by atoms with Gasteiger partial charge in [0.05, 0.1) is 23.9 Å². The van der Waals surface area contributed by atoms with Gasteiger partial charge >= 0.3 is 6.18 Å². The summed E-state index contributed by atoms with van der Waals surface area (Å²) in [7, 11) is 0. The van der Waals surface area contributed by atoms with E-state index in [-0.39, 0.29) is 29.9 Å². The third kappa shape index (κ3) is 6.92. The lowest BCUT2D eigenvalue weighted by Crippen LogP contribution is -2.24. The van der Waals surface area contributed by atoms with Gasteiger partial charge in [-0.05, 0) is 97.5 Å². The van der Waals surface area contributed by atoms with E-state index in [2.05, 4.69) is 16.9 Å². The number of aromatic nitrogens is 1. The molecular formula is C30H34F4N2O2. The summed E-state index contributed by atoms with van der Waals surface area (Å²) >= 11 is 0. The molecule has 0 saturated heterocycles. The molecule has 0 aliphatic rings. The largest absolute Gasteiger partial charge is 0.493 e. The number of aryl methyl sites for hydroxylation is 1. The van der Waals surface area contributed by atoms with Crippen LogP contribution < -0.4 is 10.1 Å². The molecule has 0 spiro atoms. The number of halogens is 4. The molecule has 0 fully saturated rings. The van der Waals surface area contributed by atoms with E-state index < -0.39 is 24.0 Å². The van der Waals surface area contributed by atoms with Crippen molar-refractivity contribution in [2.45, 2.75) is 58.7 Å². The molecule has 0 bridgehead atoms. The zero-order valence-corrected chi connectivity index (χ0v) is 22.1. The third-order valence-electron chi connectivity index (χ3n) is 6.46. The molecule has 2 unspecified atom stereocenters. The van der Waals surface area contributed by atoms with Crippen molar-refractivity contribution in [3.8, 4) is 17.0 Å². The predicted octanol–water partition coefficient (Wildman–Crippen LogP) is 7.64.